The molecule has 2 aromatic rings. The molecule has 0 spiro atoms. The van der Waals surface area contributed by atoms with Crippen molar-refractivity contribution in [3.63, 3.8) is 0 Å². The first kappa shape index (κ1) is 20.3. The molecular formula is C20H27N3O4S. The van der Waals surface area contributed by atoms with E-state index < -0.39 is 0 Å². The molecule has 0 bridgehead atoms. The van der Waals surface area contributed by atoms with Gasteiger partial charge in [0, 0.05) is 37.1 Å². The number of rotatable bonds is 9. The molecular weight excluding hydrogens is 378 g/mol. The zero-order valence-electron chi connectivity index (χ0n) is 16.6. The van der Waals surface area contributed by atoms with Crippen LogP contribution in [-0.2, 0) is 11.2 Å². The molecule has 152 valence electrons. The number of hydrogen-bond acceptors (Lipinski definition) is 7. The molecule has 1 aliphatic heterocycles. The van der Waals surface area contributed by atoms with Crippen molar-refractivity contribution >= 4 is 22.4 Å². The summed E-state index contributed by atoms with van der Waals surface area (Å²) in [6.45, 7) is 1.64. The first-order chi connectivity index (χ1) is 13.7. The summed E-state index contributed by atoms with van der Waals surface area (Å²) in [6.07, 6.45) is 4.98. The largest absolute Gasteiger partial charge is 0.493 e. The average molecular weight is 406 g/mol. The summed E-state index contributed by atoms with van der Waals surface area (Å²) in [5.41, 5.74) is 0.917. The Kier molecular flexibility index (Phi) is 6.97. The smallest absolute Gasteiger partial charge is 0.220 e. The number of nitrogens with one attached hydrogen (secondary N) is 1. The van der Waals surface area contributed by atoms with Crippen LogP contribution < -0.4 is 24.4 Å². The molecule has 1 N–H and O–H groups in total. The van der Waals surface area contributed by atoms with Crippen LogP contribution in [0, 0.1) is 0 Å². The number of hydrogen-bond donors (Lipinski definition) is 1. The van der Waals surface area contributed by atoms with Crippen LogP contribution >= 0.6 is 11.3 Å². The van der Waals surface area contributed by atoms with Gasteiger partial charge in [-0.3, -0.25) is 4.79 Å². The minimum atomic E-state index is 0.0304. The Morgan fingerprint density at radius 1 is 1.25 bits per heavy atom. The van der Waals surface area contributed by atoms with Gasteiger partial charge in [-0.05, 0) is 30.9 Å². The van der Waals surface area contributed by atoms with E-state index in [-0.39, 0.29) is 5.91 Å². The zero-order valence-corrected chi connectivity index (χ0v) is 17.4. The van der Waals surface area contributed by atoms with Gasteiger partial charge < -0.3 is 24.4 Å². The molecule has 1 atom stereocenters. The van der Waals surface area contributed by atoms with E-state index in [0.29, 0.717) is 42.7 Å². The second-order valence-electron chi connectivity index (χ2n) is 6.60. The van der Waals surface area contributed by atoms with Gasteiger partial charge in [-0.15, -0.1) is 11.3 Å². The highest BCUT2D eigenvalue weighted by atomic mass is 32.1. The third-order valence-electron chi connectivity index (χ3n) is 4.98. The van der Waals surface area contributed by atoms with Crippen molar-refractivity contribution in [2.75, 3.05) is 39.3 Å². The molecule has 1 saturated heterocycles. The maximum absolute atomic E-state index is 12.4. The summed E-state index contributed by atoms with van der Waals surface area (Å²) in [7, 11) is 4.75. The van der Waals surface area contributed by atoms with Crippen LogP contribution in [0.5, 0.6) is 17.2 Å². The van der Waals surface area contributed by atoms with Gasteiger partial charge in [-0.25, -0.2) is 4.98 Å². The van der Waals surface area contributed by atoms with Gasteiger partial charge in [-0.2, -0.15) is 0 Å². The first-order valence-corrected chi connectivity index (χ1v) is 10.3. The molecule has 1 aromatic heterocycles. The Balaban J connectivity index is 1.55. The lowest BCUT2D eigenvalue weighted by molar-refractivity contribution is -0.121. The number of aromatic nitrogens is 1. The fourth-order valence-electron chi connectivity index (χ4n) is 3.59. The number of carbonyl (C=O) groups is 1. The molecule has 2 heterocycles. The molecule has 3 rings (SSSR count). The van der Waals surface area contributed by atoms with Crippen molar-refractivity contribution in [1.82, 2.24) is 10.3 Å². The Hall–Kier alpha value is -2.48. The van der Waals surface area contributed by atoms with E-state index in [9.17, 15) is 4.79 Å². The number of aryl methyl sites for hydroxylation is 1. The molecule has 7 nitrogen and oxygen atoms in total. The number of benzene rings is 1. The van der Waals surface area contributed by atoms with E-state index in [0.717, 1.165) is 30.1 Å². The van der Waals surface area contributed by atoms with Crippen molar-refractivity contribution in [3.8, 4) is 17.2 Å². The van der Waals surface area contributed by atoms with Crippen molar-refractivity contribution < 1.29 is 19.0 Å². The minimum absolute atomic E-state index is 0.0304. The third kappa shape index (κ3) is 4.49. The average Bonchev–Trinajstić information content (AvgIpc) is 3.40. The van der Waals surface area contributed by atoms with E-state index in [2.05, 4.69) is 15.2 Å². The second kappa shape index (κ2) is 9.64. The number of ether oxygens (including phenoxy) is 3. The van der Waals surface area contributed by atoms with E-state index in [1.807, 2.05) is 23.7 Å². The lowest BCUT2D eigenvalue weighted by Gasteiger charge is -2.24. The van der Waals surface area contributed by atoms with E-state index >= 15 is 0 Å². The highest BCUT2D eigenvalue weighted by molar-refractivity contribution is 7.13. The third-order valence-corrected chi connectivity index (χ3v) is 5.79. The van der Waals surface area contributed by atoms with Crippen LogP contribution in [-0.4, -0.2) is 51.4 Å². The predicted octanol–water partition coefficient (Wildman–Crippen LogP) is 2.89. The van der Waals surface area contributed by atoms with Gasteiger partial charge in [0.15, 0.2) is 16.6 Å². The van der Waals surface area contributed by atoms with Crippen LogP contribution in [0.3, 0.4) is 0 Å². The molecule has 1 amide bonds. The first-order valence-electron chi connectivity index (χ1n) is 9.38. The summed E-state index contributed by atoms with van der Waals surface area (Å²) < 4.78 is 16.2. The van der Waals surface area contributed by atoms with Gasteiger partial charge in [0.05, 0.1) is 21.3 Å². The van der Waals surface area contributed by atoms with Crippen molar-refractivity contribution in [2.45, 2.75) is 31.7 Å². The molecule has 1 unspecified atom stereocenters. The quantitative estimate of drug-likeness (QED) is 0.692. The SMILES string of the molecule is COc1ccc(CCC(=O)NCC2CCCN2c2nccs2)c(OC)c1OC. The van der Waals surface area contributed by atoms with Crippen LogP contribution in [0.15, 0.2) is 23.7 Å². The number of anilines is 1. The van der Waals surface area contributed by atoms with Crippen molar-refractivity contribution in [3.05, 3.63) is 29.3 Å². The van der Waals surface area contributed by atoms with Crippen LogP contribution in [0.25, 0.3) is 0 Å². The highest BCUT2D eigenvalue weighted by Gasteiger charge is 2.26. The van der Waals surface area contributed by atoms with Gasteiger partial charge in [-0.1, -0.05) is 6.07 Å². The lowest BCUT2D eigenvalue weighted by atomic mass is 10.1. The highest BCUT2D eigenvalue weighted by Crippen LogP contribution is 2.40. The maximum atomic E-state index is 12.4. The van der Waals surface area contributed by atoms with Gasteiger partial charge in [0.25, 0.3) is 0 Å². The molecule has 0 aliphatic carbocycles. The monoisotopic (exact) mass is 405 g/mol. The summed E-state index contributed by atoms with van der Waals surface area (Å²) in [5.74, 6) is 1.80. The Bertz CT molecular complexity index is 782. The maximum Gasteiger partial charge on any atom is 0.220 e. The van der Waals surface area contributed by atoms with E-state index in [1.54, 1.807) is 32.7 Å². The van der Waals surface area contributed by atoms with E-state index in [1.165, 1.54) is 0 Å². The minimum Gasteiger partial charge on any atom is -0.493 e. The molecule has 0 radical (unpaired) electrons. The molecule has 0 saturated carbocycles. The number of methoxy groups -OCH3 is 3. The van der Waals surface area contributed by atoms with Gasteiger partial charge in [0.1, 0.15) is 0 Å². The Morgan fingerprint density at radius 3 is 2.75 bits per heavy atom. The summed E-state index contributed by atoms with van der Waals surface area (Å²) in [4.78, 5) is 19.1. The molecule has 1 aromatic carbocycles. The number of thiazole rings is 1. The van der Waals surface area contributed by atoms with Crippen LogP contribution in [0.2, 0.25) is 0 Å². The molecule has 1 fully saturated rings. The number of carbonyl (C=O) groups excluding carboxylic acids is 1. The summed E-state index contributed by atoms with van der Waals surface area (Å²) in [5, 5.41) is 6.09. The van der Waals surface area contributed by atoms with Gasteiger partial charge >= 0.3 is 0 Å². The summed E-state index contributed by atoms with van der Waals surface area (Å²) in [6, 6.07) is 4.05. The number of amides is 1. The Morgan fingerprint density at radius 2 is 2.07 bits per heavy atom. The van der Waals surface area contributed by atoms with Crippen LogP contribution in [0.1, 0.15) is 24.8 Å². The second-order valence-corrected chi connectivity index (χ2v) is 7.47. The fraction of sp³-hybridized carbons (Fsp3) is 0.500. The Labute approximate surface area is 169 Å². The van der Waals surface area contributed by atoms with Crippen molar-refractivity contribution in [2.24, 2.45) is 0 Å². The fourth-order valence-corrected chi connectivity index (χ4v) is 4.33. The molecule has 1 aliphatic rings. The molecule has 28 heavy (non-hydrogen) atoms. The zero-order chi connectivity index (χ0) is 19.9. The number of nitrogens with zero attached hydrogens (tertiary/aromatic N) is 2. The van der Waals surface area contributed by atoms with E-state index in [4.69, 9.17) is 14.2 Å². The normalized spacial score (nSPS) is 16.1. The summed E-state index contributed by atoms with van der Waals surface area (Å²) >= 11 is 1.64. The standard InChI is InChI=1S/C20H27N3O4S/c1-25-16-8-6-14(18(26-2)19(16)27-3)7-9-17(24)22-13-15-5-4-11-23(15)20-21-10-12-28-20/h6,8,10,12,15H,4-5,7,9,11,13H2,1-3H3,(H,22,24). The predicted molar refractivity (Wildman–Crippen MR) is 110 cm³/mol. The molecule has 8 heteroatoms. The lowest BCUT2D eigenvalue weighted by Crippen LogP contribution is -2.40. The van der Waals surface area contributed by atoms with Crippen molar-refractivity contribution in [1.29, 1.82) is 0 Å². The van der Waals surface area contributed by atoms with Gasteiger partial charge in [0.2, 0.25) is 11.7 Å². The topological polar surface area (TPSA) is 72.9 Å². The van der Waals surface area contributed by atoms with Crippen LogP contribution in [0.4, 0.5) is 5.13 Å².